The Morgan fingerprint density at radius 2 is 2.16 bits per heavy atom. The zero-order valence-corrected chi connectivity index (χ0v) is 11.4. The molecule has 0 aromatic heterocycles. The summed E-state index contributed by atoms with van der Waals surface area (Å²) in [5, 5.41) is 6.03. The summed E-state index contributed by atoms with van der Waals surface area (Å²) in [6.45, 7) is 1.93. The SMILES string of the molecule is COC(=O)c1cc(C2C(C)=NNN2C)ccc1OC. The lowest BCUT2D eigenvalue weighted by atomic mass is 10.00. The van der Waals surface area contributed by atoms with Gasteiger partial charge in [-0.15, -0.1) is 0 Å². The first-order valence-electron chi connectivity index (χ1n) is 5.87. The highest BCUT2D eigenvalue weighted by molar-refractivity contribution is 5.94. The van der Waals surface area contributed by atoms with Gasteiger partial charge in [0.1, 0.15) is 11.3 Å². The molecule has 0 aliphatic carbocycles. The predicted octanol–water partition coefficient (Wildman–Crippen LogP) is 1.35. The fraction of sp³-hybridized carbons (Fsp3) is 0.385. The average Bonchev–Trinajstić information content (AvgIpc) is 2.76. The molecule has 6 heteroatoms. The van der Waals surface area contributed by atoms with Crippen LogP contribution in [0, 0.1) is 0 Å². The van der Waals surface area contributed by atoms with Crippen molar-refractivity contribution < 1.29 is 14.3 Å². The van der Waals surface area contributed by atoms with Gasteiger partial charge in [-0.3, -0.25) is 0 Å². The molecule has 19 heavy (non-hydrogen) atoms. The number of hydrazine groups is 1. The third-order valence-corrected chi connectivity index (χ3v) is 3.11. The number of carbonyl (C=O) groups is 1. The predicted molar refractivity (Wildman–Crippen MR) is 71.1 cm³/mol. The maximum Gasteiger partial charge on any atom is 0.341 e. The third kappa shape index (κ3) is 2.39. The molecule has 1 N–H and O–H groups in total. The van der Waals surface area contributed by atoms with E-state index in [0.717, 1.165) is 11.3 Å². The van der Waals surface area contributed by atoms with Crippen LogP contribution in [0.15, 0.2) is 23.3 Å². The van der Waals surface area contributed by atoms with Crippen molar-refractivity contribution in [2.45, 2.75) is 13.0 Å². The molecule has 1 aliphatic rings. The van der Waals surface area contributed by atoms with Crippen LogP contribution in [-0.4, -0.2) is 38.0 Å². The maximum absolute atomic E-state index is 11.8. The van der Waals surface area contributed by atoms with E-state index in [0.29, 0.717) is 11.3 Å². The number of rotatable bonds is 3. The molecule has 1 heterocycles. The lowest BCUT2D eigenvalue weighted by Crippen LogP contribution is -2.30. The van der Waals surface area contributed by atoms with Crippen LogP contribution >= 0.6 is 0 Å². The van der Waals surface area contributed by atoms with Gasteiger partial charge in [0.15, 0.2) is 0 Å². The largest absolute Gasteiger partial charge is 0.496 e. The van der Waals surface area contributed by atoms with Crippen molar-refractivity contribution >= 4 is 11.7 Å². The van der Waals surface area contributed by atoms with Crippen molar-refractivity contribution in [2.75, 3.05) is 21.3 Å². The second-order valence-electron chi connectivity index (χ2n) is 4.32. The molecular formula is C13H17N3O3. The molecule has 1 atom stereocenters. The Balaban J connectivity index is 2.43. The topological polar surface area (TPSA) is 63.2 Å². The summed E-state index contributed by atoms with van der Waals surface area (Å²) in [6.07, 6.45) is 0. The van der Waals surface area contributed by atoms with Crippen LogP contribution in [0.25, 0.3) is 0 Å². The zero-order valence-electron chi connectivity index (χ0n) is 11.4. The summed E-state index contributed by atoms with van der Waals surface area (Å²) >= 11 is 0. The van der Waals surface area contributed by atoms with Crippen molar-refractivity contribution in [2.24, 2.45) is 5.10 Å². The molecule has 1 unspecified atom stereocenters. The normalized spacial score (nSPS) is 18.7. The Labute approximate surface area is 112 Å². The highest BCUT2D eigenvalue weighted by atomic mass is 16.5. The Morgan fingerprint density at radius 3 is 2.68 bits per heavy atom. The summed E-state index contributed by atoms with van der Waals surface area (Å²) < 4.78 is 9.95. The smallest absolute Gasteiger partial charge is 0.341 e. The van der Waals surface area contributed by atoms with E-state index in [1.807, 2.05) is 25.0 Å². The van der Waals surface area contributed by atoms with E-state index in [1.54, 1.807) is 12.1 Å². The second-order valence-corrected chi connectivity index (χ2v) is 4.32. The third-order valence-electron chi connectivity index (χ3n) is 3.11. The van der Waals surface area contributed by atoms with E-state index in [4.69, 9.17) is 9.47 Å². The summed E-state index contributed by atoms with van der Waals surface area (Å²) in [6, 6.07) is 5.45. The van der Waals surface area contributed by atoms with Gasteiger partial charge in [0.2, 0.25) is 0 Å². The lowest BCUT2D eigenvalue weighted by molar-refractivity contribution is 0.0597. The first-order chi connectivity index (χ1) is 9.08. The lowest BCUT2D eigenvalue weighted by Gasteiger charge is -2.20. The summed E-state index contributed by atoms with van der Waals surface area (Å²) in [4.78, 5) is 11.8. The van der Waals surface area contributed by atoms with E-state index >= 15 is 0 Å². The van der Waals surface area contributed by atoms with E-state index < -0.39 is 5.97 Å². The molecule has 0 amide bonds. The fourth-order valence-electron chi connectivity index (χ4n) is 2.19. The number of benzene rings is 1. The van der Waals surface area contributed by atoms with Crippen molar-refractivity contribution in [3.8, 4) is 5.75 Å². The molecule has 1 aromatic rings. The van der Waals surface area contributed by atoms with Crippen molar-refractivity contribution in [1.82, 2.24) is 10.5 Å². The van der Waals surface area contributed by atoms with Gasteiger partial charge in [-0.25, -0.2) is 10.3 Å². The Hall–Kier alpha value is -2.08. The van der Waals surface area contributed by atoms with Gasteiger partial charge < -0.3 is 9.47 Å². The van der Waals surface area contributed by atoms with Gasteiger partial charge in [-0.2, -0.15) is 10.1 Å². The number of hydrogen-bond donors (Lipinski definition) is 1. The Morgan fingerprint density at radius 1 is 1.42 bits per heavy atom. The Kier molecular flexibility index (Phi) is 3.71. The molecule has 0 bridgehead atoms. The monoisotopic (exact) mass is 263 g/mol. The van der Waals surface area contributed by atoms with Crippen molar-refractivity contribution in [1.29, 1.82) is 0 Å². The van der Waals surface area contributed by atoms with Crippen LogP contribution in [0.4, 0.5) is 0 Å². The highest BCUT2D eigenvalue weighted by Crippen LogP contribution is 2.28. The average molecular weight is 263 g/mol. The molecule has 0 saturated carbocycles. The molecule has 1 aromatic carbocycles. The first kappa shape index (κ1) is 13.4. The molecule has 0 fully saturated rings. The van der Waals surface area contributed by atoms with E-state index in [-0.39, 0.29) is 6.04 Å². The van der Waals surface area contributed by atoms with Crippen LogP contribution in [0.5, 0.6) is 5.75 Å². The molecule has 1 aliphatic heterocycles. The summed E-state index contributed by atoms with van der Waals surface area (Å²) in [7, 11) is 4.77. The zero-order chi connectivity index (χ0) is 14.0. The number of hydrazone groups is 1. The van der Waals surface area contributed by atoms with Gasteiger partial charge in [0.05, 0.1) is 26.0 Å². The van der Waals surface area contributed by atoms with Gasteiger partial charge in [0, 0.05) is 7.05 Å². The fourth-order valence-corrected chi connectivity index (χ4v) is 2.19. The second kappa shape index (κ2) is 5.27. The summed E-state index contributed by atoms with van der Waals surface area (Å²) in [5.74, 6) is 0.0840. The van der Waals surface area contributed by atoms with Crippen LogP contribution in [0.2, 0.25) is 0 Å². The molecule has 0 spiro atoms. The highest BCUT2D eigenvalue weighted by Gasteiger charge is 2.26. The van der Waals surface area contributed by atoms with E-state index in [9.17, 15) is 4.79 Å². The molecular weight excluding hydrogens is 246 g/mol. The van der Waals surface area contributed by atoms with Gasteiger partial charge in [-0.1, -0.05) is 6.07 Å². The minimum atomic E-state index is -0.415. The number of carbonyl (C=O) groups excluding carboxylic acids is 1. The number of ether oxygens (including phenoxy) is 2. The molecule has 6 nitrogen and oxygen atoms in total. The van der Waals surface area contributed by atoms with Crippen molar-refractivity contribution in [3.05, 3.63) is 29.3 Å². The minimum absolute atomic E-state index is 0.00527. The van der Waals surface area contributed by atoms with Gasteiger partial charge >= 0.3 is 5.97 Å². The number of nitrogens with one attached hydrogen (secondary N) is 1. The number of hydrogen-bond acceptors (Lipinski definition) is 6. The maximum atomic E-state index is 11.8. The van der Waals surface area contributed by atoms with Crippen LogP contribution in [-0.2, 0) is 4.74 Å². The molecule has 102 valence electrons. The number of esters is 1. The van der Waals surface area contributed by atoms with Crippen LogP contribution in [0.3, 0.4) is 0 Å². The summed E-state index contributed by atoms with van der Waals surface area (Å²) in [5.41, 5.74) is 5.18. The van der Waals surface area contributed by atoms with Crippen molar-refractivity contribution in [3.63, 3.8) is 0 Å². The number of methoxy groups -OCH3 is 2. The van der Waals surface area contributed by atoms with E-state index in [2.05, 4.69) is 10.6 Å². The molecule has 0 radical (unpaired) electrons. The first-order valence-corrected chi connectivity index (χ1v) is 5.87. The quantitative estimate of drug-likeness (QED) is 0.834. The minimum Gasteiger partial charge on any atom is -0.496 e. The number of nitrogens with zero attached hydrogens (tertiary/aromatic N) is 2. The molecule has 0 saturated heterocycles. The van der Waals surface area contributed by atoms with Gasteiger partial charge in [0.25, 0.3) is 0 Å². The molecule has 2 rings (SSSR count). The van der Waals surface area contributed by atoms with E-state index in [1.165, 1.54) is 14.2 Å². The Bertz CT molecular complexity index is 528. The van der Waals surface area contributed by atoms with Gasteiger partial charge in [-0.05, 0) is 24.6 Å². The van der Waals surface area contributed by atoms with Crippen LogP contribution in [0.1, 0.15) is 28.9 Å². The standard InChI is InChI=1S/C13H17N3O3/c1-8-12(16(2)15-14-8)9-5-6-11(18-3)10(7-9)13(17)19-4/h5-7,12,15H,1-4H3. The van der Waals surface area contributed by atoms with Crippen LogP contribution < -0.4 is 10.3 Å².